The van der Waals surface area contributed by atoms with Crippen molar-refractivity contribution in [2.75, 3.05) is 6.16 Å². The molecule has 0 fully saturated rings. The lowest BCUT2D eigenvalue weighted by molar-refractivity contribution is 0.488. The summed E-state index contributed by atoms with van der Waals surface area (Å²) in [6.45, 7) is 3.64. The molecule has 0 saturated heterocycles. The van der Waals surface area contributed by atoms with Gasteiger partial charge in [0.2, 0.25) is 7.37 Å². The van der Waals surface area contributed by atoms with Gasteiger partial charge in [0.05, 0.1) is 0 Å². The Morgan fingerprint density at radius 2 is 2.22 bits per heavy atom. The fraction of sp³-hybridized carbons (Fsp3) is 0.667. The van der Waals surface area contributed by atoms with Gasteiger partial charge in [0.15, 0.2) is 0 Å². The van der Waals surface area contributed by atoms with Crippen LogP contribution < -0.4 is 0 Å². The molecule has 9 heavy (non-hydrogen) atoms. The molecule has 0 amide bonds. The molecule has 0 aliphatic heterocycles. The lowest BCUT2D eigenvalue weighted by Crippen LogP contribution is -1.81. The van der Waals surface area contributed by atoms with Gasteiger partial charge in [-0.05, 0) is 19.2 Å². The molecule has 3 heteroatoms. The second-order valence-corrected chi connectivity index (χ2v) is 4.22. The van der Waals surface area contributed by atoms with E-state index in [4.69, 9.17) is 4.89 Å². The summed E-state index contributed by atoms with van der Waals surface area (Å²) < 4.78 is 10.9. The number of allylic oxidation sites excluding steroid dienone is 1. The van der Waals surface area contributed by atoms with E-state index in [1.807, 2.05) is 6.92 Å². The van der Waals surface area contributed by atoms with Crippen LogP contribution in [0.2, 0.25) is 0 Å². The van der Waals surface area contributed by atoms with E-state index in [2.05, 4.69) is 0 Å². The first-order chi connectivity index (χ1) is 4.12. The van der Waals surface area contributed by atoms with Crippen LogP contribution in [0.4, 0.5) is 0 Å². The van der Waals surface area contributed by atoms with Gasteiger partial charge in [-0.1, -0.05) is 13.0 Å². The largest absolute Gasteiger partial charge is 0.341 e. The first-order valence-corrected chi connectivity index (χ1v) is 4.99. The molecule has 0 bridgehead atoms. The van der Waals surface area contributed by atoms with E-state index in [9.17, 15) is 4.57 Å². The molecule has 0 aliphatic rings. The lowest BCUT2D eigenvalue weighted by Gasteiger charge is -2.01. The Bertz CT molecular complexity index is 140. The number of hydrogen-bond acceptors (Lipinski definition) is 1. The van der Waals surface area contributed by atoms with Crippen molar-refractivity contribution in [3.05, 3.63) is 11.9 Å². The highest BCUT2D eigenvalue weighted by atomic mass is 31.2. The molecule has 0 aromatic heterocycles. The van der Waals surface area contributed by atoms with Crippen molar-refractivity contribution in [3.63, 3.8) is 0 Å². The zero-order valence-electron chi connectivity index (χ0n) is 5.87. The predicted molar refractivity (Wildman–Crippen MR) is 39.8 cm³/mol. The number of hydrogen-bond donors (Lipinski definition) is 1. The zero-order chi connectivity index (χ0) is 7.33. The standard InChI is InChI=1S/C6H13O2P/c1-3-5-9(7,8)6-4-2/h3,5H,4,6H2,1-2H3,(H,7,8)/b5-3-. The van der Waals surface area contributed by atoms with Crippen LogP contribution in [0.25, 0.3) is 0 Å². The van der Waals surface area contributed by atoms with Crippen LogP contribution in [0.15, 0.2) is 11.9 Å². The van der Waals surface area contributed by atoms with Gasteiger partial charge in [-0.25, -0.2) is 0 Å². The van der Waals surface area contributed by atoms with Gasteiger partial charge in [-0.2, -0.15) is 0 Å². The van der Waals surface area contributed by atoms with Gasteiger partial charge >= 0.3 is 0 Å². The smallest absolute Gasteiger partial charge is 0.222 e. The van der Waals surface area contributed by atoms with Crippen LogP contribution in [0.3, 0.4) is 0 Å². The molecule has 2 nitrogen and oxygen atoms in total. The molecule has 0 aromatic carbocycles. The summed E-state index contributed by atoms with van der Waals surface area (Å²) in [5, 5.41) is 0. The molecule has 0 aromatic rings. The summed E-state index contributed by atoms with van der Waals surface area (Å²) in [5.41, 5.74) is 0. The molecule has 0 rings (SSSR count). The molecule has 0 spiro atoms. The Morgan fingerprint density at radius 1 is 1.67 bits per heavy atom. The molecule has 54 valence electrons. The highest BCUT2D eigenvalue weighted by Gasteiger charge is 2.09. The SMILES string of the molecule is C/C=C\P(=O)(O)CCC. The maximum absolute atomic E-state index is 10.9. The fourth-order valence-corrected chi connectivity index (χ4v) is 1.88. The molecular formula is C6H13O2P. The Balaban J connectivity index is 3.87. The molecule has 0 radical (unpaired) electrons. The van der Waals surface area contributed by atoms with Crippen molar-refractivity contribution >= 4 is 7.37 Å². The quantitative estimate of drug-likeness (QED) is 0.623. The van der Waals surface area contributed by atoms with E-state index in [1.165, 1.54) is 5.82 Å². The monoisotopic (exact) mass is 148 g/mol. The van der Waals surface area contributed by atoms with Crippen molar-refractivity contribution in [2.45, 2.75) is 20.3 Å². The average Bonchev–Trinajstić information content (AvgIpc) is 1.64. The van der Waals surface area contributed by atoms with Crippen LogP contribution in [0, 0.1) is 0 Å². The normalized spacial score (nSPS) is 18.1. The minimum atomic E-state index is -2.87. The van der Waals surface area contributed by atoms with Crippen LogP contribution in [-0.2, 0) is 4.57 Å². The molecular weight excluding hydrogens is 135 g/mol. The van der Waals surface area contributed by atoms with Gasteiger partial charge in [0, 0.05) is 6.16 Å². The van der Waals surface area contributed by atoms with Gasteiger partial charge in [-0.3, -0.25) is 4.57 Å². The van der Waals surface area contributed by atoms with Crippen LogP contribution in [0.1, 0.15) is 20.3 Å². The first kappa shape index (κ1) is 8.93. The van der Waals surface area contributed by atoms with Crippen LogP contribution in [0.5, 0.6) is 0 Å². The van der Waals surface area contributed by atoms with E-state index < -0.39 is 7.37 Å². The fourth-order valence-electron chi connectivity index (χ4n) is 0.628. The van der Waals surface area contributed by atoms with E-state index in [1.54, 1.807) is 13.0 Å². The average molecular weight is 148 g/mol. The molecule has 1 unspecified atom stereocenters. The third kappa shape index (κ3) is 4.43. The molecule has 0 aliphatic carbocycles. The van der Waals surface area contributed by atoms with Crippen LogP contribution >= 0.6 is 7.37 Å². The Hall–Kier alpha value is -0.0700. The highest BCUT2D eigenvalue weighted by Crippen LogP contribution is 2.42. The van der Waals surface area contributed by atoms with E-state index in [0.29, 0.717) is 6.16 Å². The van der Waals surface area contributed by atoms with E-state index >= 15 is 0 Å². The molecule has 0 saturated carbocycles. The Kier molecular flexibility index (Phi) is 3.83. The Labute approximate surface area is 56.0 Å². The lowest BCUT2D eigenvalue weighted by atomic mass is 10.6. The summed E-state index contributed by atoms with van der Waals surface area (Å²) in [4.78, 5) is 8.98. The Morgan fingerprint density at radius 3 is 2.56 bits per heavy atom. The molecule has 0 heterocycles. The molecule has 1 N–H and O–H groups in total. The maximum Gasteiger partial charge on any atom is 0.222 e. The summed E-state index contributed by atoms with van der Waals surface area (Å²) in [7, 11) is -2.87. The van der Waals surface area contributed by atoms with Crippen molar-refractivity contribution in [1.82, 2.24) is 0 Å². The molecule has 1 atom stereocenters. The van der Waals surface area contributed by atoms with Gasteiger partial charge in [0.1, 0.15) is 0 Å². The third-order valence-electron chi connectivity index (χ3n) is 0.926. The minimum absolute atomic E-state index is 0.400. The van der Waals surface area contributed by atoms with Crippen LogP contribution in [-0.4, -0.2) is 11.1 Å². The predicted octanol–water partition coefficient (Wildman–Crippen LogP) is 2.20. The number of rotatable bonds is 3. The van der Waals surface area contributed by atoms with Crippen molar-refractivity contribution in [2.24, 2.45) is 0 Å². The third-order valence-corrected chi connectivity index (χ3v) is 2.78. The summed E-state index contributed by atoms with van der Waals surface area (Å²) in [5.74, 6) is 1.39. The minimum Gasteiger partial charge on any atom is -0.341 e. The second kappa shape index (κ2) is 3.86. The summed E-state index contributed by atoms with van der Waals surface area (Å²) >= 11 is 0. The zero-order valence-corrected chi connectivity index (χ0v) is 6.77. The topological polar surface area (TPSA) is 37.3 Å². The van der Waals surface area contributed by atoms with Gasteiger partial charge in [-0.15, -0.1) is 0 Å². The maximum atomic E-state index is 10.9. The summed E-state index contributed by atoms with van der Waals surface area (Å²) in [6, 6.07) is 0. The van der Waals surface area contributed by atoms with E-state index in [-0.39, 0.29) is 0 Å². The summed E-state index contributed by atoms with van der Waals surface area (Å²) in [6.07, 6.45) is 2.78. The van der Waals surface area contributed by atoms with Crippen molar-refractivity contribution < 1.29 is 9.46 Å². The van der Waals surface area contributed by atoms with Crippen molar-refractivity contribution in [1.29, 1.82) is 0 Å². The van der Waals surface area contributed by atoms with Gasteiger partial charge < -0.3 is 4.89 Å². The first-order valence-electron chi connectivity index (χ1n) is 3.07. The van der Waals surface area contributed by atoms with E-state index in [0.717, 1.165) is 6.42 Å². The van der Waals surface area contributed by atoms with Crippen molar-refractivity contribution in [3.8, 4) is 0 Å². The van der Waals surface area contributed by atoms with Gasteiger partial charge in [0.25, 0.3) is 0 Å². The highest BCUT2D eigenvalue weighted by molar-refractivity contribution is 7.61. The second-order valence-electron chi connectivity index (χ2n) is 1.96.